The molecule has 1 aromatic rings. The Morgan fingerprint density at radius 3 is 2.64 bits per heavy atom. The lowest BCUT2D eigenvalue weighted by molar-refractivity contribution is 0.293. The Kier molecular flexibility index (Phi) is 4.03. The second-order valence-corrected chi connectivity index (χ2v) is 2.66. The van der Waals surface area contributed by atoms with Crippen LogP contribution >= 0.6 is 0 Å². The number of nitriles is 1. The highest BCUT2D eigenvalue weighted by atomic mass is 16.5. The van der Waals surface area contributed by atoms with Crippen molar-refractivity contribution in [2.24, 2.45) is 0 Å². The van der Waals surface area contributed by atoms with Gasteiger partial charge in [0.25, 0.3) is 0 Å². The minimum absolute atomic E-state index is 0.507. The molecule has 0 heterocycles. The quantitative estimate of drug-likeness (QED) is 0.410. The van der Waals surface area contributed by atoms with E-state index in [-0.39, 0.29) is 0 Å². The maximum atomic E-state index is 8.57. The molecule has 0 aromatic heterocycles. The van der Waals surface area contributed by atoms with Crippen LogP contribution in [0.5, 0.6) is 0 Å². The van der Waals surface area contributed by atoms with Gasteiger partial charge in [0.2, 0.25) is 0 Å². The summed E-state index contributed by atoms with van der Waals surface area (Å²) in [5.74, 6) is 0. The number of rotatable bonds is 4. The Labute approximate surface area is 83.7 Å². The van der Waals surface area contributed by atoms with Crippen molar-refractivity contribution in [3.63, 3.8) is 0 Å². The first-order chi connectivity index (χ1) is 6.86. The molecule has 0 spiro atoms. The molecule has 0 fully saturated rings. The lowest BCUT2D eigenvalue weighted by atomic mass is 10.1. The maximum absolute atomic E-state index is 8.57. The molecule has 0 atom stereocenters. The van der Waals surface area contributed by atoms with Crippen molar-refractivity contribution in [2.45, 2.75) is 0 Å². The molecule has 0 radical (unpaired) electrons. The van der Waals surface area contributed by atoms with Crippen LogP contribution in [0.15, 0.2) is 43.2 Å². The smallest absolute Gasteiger partial charge is 0.105 e. The zero-order valence-corrected chi connectivity index (χ0v) is 7.81. The van der Waals surface area contributed by atoms with Crippen LogP contribution < -0.4 is 0 Å². The van der Waals surface area contributed by atoms with E-state index >= 15 is 0 Å². The highest BCUT2D eigenvalue weighted by Gasteiger charge is 1.88. The summed E-state index contributed by atoms with van der Waals surface area (Å²) in [5, 5.41) is 8.57. The predicted molar refractivity (Wildman–Crippen MR) is 56.3 cm³/mol. The van der Waals surface area contributed by atoms with Gasteiger partial charge < -0.3 is 4.74 Å². The highest BCUT2D eigenvalue weighted by molar-refractivity contribution is 5.49. The molecular weight excluding hydrogens is 174 g/mol. The van der Waals surface area contributed by atoms with Gasteiger partial charge in [-0.25, -0.2) is 0 Å². The Morgan fingerprint density at radius 1 is 1.36 bits per heavy atom. The predicted octanol–water partition coefficient (Wildman–Crippen LogP) is 2.73. The van der Waals surface area contributed by atoms with Crippen LogP contribution in [0.25, 0.3) is 6.08 Å². The molecule has 0 bridgehead atoms. The Hall–Kier alpha value is -2.01. The van der Waals surface area contributed by atoms with Gasteiger partial charge in [0.05, 0.1) is 17.9 Å². The molecule has 14 heavy (non-hydrogen) atoms. The second kappa shape index (κ2) is 5.60. The van der Waals surface area contributed by atoms with E-state index in [1.165, 1.54) is 0 Å². The van der Waals surface area contributed by atoms with Crippen molar-refractivity contribution in [1.82, 2.24) is 0 Å². The molecule has 0 N–H and O–H groups in total. The molecule has 0 saturated heterocycles. The van der Waals surface area contributed by atoms with Crippen molar-refractivity contribution < 1.29 is 4.74 Å². The molecule has 2 nitrogen and oxygen atoms in total. The van der Waals surface area contributed by atoms with Crippen molar-refractivity contribution in [3.8, 4) is 6.07 Å². The fraction of sp³-hybridized carbons (Fsp3) is 0.0833. The van der Waals surface area contributed by atoms with E-state index in [1.807, 2.05) is 18.2 Å². The molecule has 0 aliphatic heterocycles. The van der Waals surface area contributed by atoms with Gasteiger partial charge in [-0.2, -0.15) is 5.26 Å². The van der Waals surface area contributed by atoms with E-state index in [1.54, 1.807) is 24.5 Å². The molecule has 1 aromatic carbocycles. The lowest BCUT2D eigenvalue weighted by Gasteiger charge is -1.94. The third kappa shape index (κ3) is 3.16. The molecule has 2 heteroatoms. The fourth-order valence-corrected chi connectivity index (χ4v) is 0.919. The van der Waals surface area contributed by atoms with E-state index < -0.39 is 0 Å². The number of nitrogens with zero attached hydrogens (tertiary/aromatic N) is 1. The molecule has 0 aliphatic rings. The van der Waals surface area contributed by atoms with Crippen LogP contribution in [0.4, 0.5) is 0 Å². The summed E-state index contributed by atoms with van der Waals surface area (Å²) in [5.41, 5.74) is 1.67. The molecule has 0 saturated carbocycles. The van der Waals surface area contributed by atoms with Crippen molar-refractivity contribution in [1.29, 1.82) is 5.26 Å². The van der Waals surface area contributed by atoms with Crippen molar-refractivity contribution in [3.05, 3.63) is 54.3 Å². The van der Waals surface area contributed by atoms with Gasteiger partial charge in [-0.05, 0) is 23.8 Å². The average Bonchev–Trinajstić information content (AvgIpc) is 2.25. The van der Waals surface area contributed by atoms with Gasteiger partial charge in [-0.1, -0.05) is 24.8 Å². The lowest BCUT2D eigenvalue weighted by Crippen LogP contribution is -1.79. The first-order valence-corrected chi connectivity index (χ1v) is 4.26. The third-order valence-corrected chi connectivity index (χ3v) is 1.61. The largest absolute Gasteiger partial charge is 0.497 e. The standard InChI is InChI=1S/C12H11NO/c1-2-8-14-9-7-11-3-5-12(10-13)6-4-11/h2-7,9H,1,8H2. The number of benzene rings is 1. The van der Waals surface area contributed by atoms with Crippen molar-refractivity contribution in [2.75, 3.05) is 6.61 Å². The molecule has 1 rings (SSSR count). The summed E-state index contributed by atoms with van der Waals surface area (Å²) in [6, 6.07) is 9.34. The van der Waals surface area contributed by atoms with E-state index in [0.29, 0.717) is 12.2 Å². The fourth-order valence-electron chi connectivity index (χ4n) is 0.919. The van der Waals surface area contributed by atoms with E-state index in [0.717, 1.165) is 5.56 Å². The van der Waals surface area contributed by atoms with Crippen LogP contribution in [0.1, 0.15) is 11.1 Å². The first kappa shape index (κ1) is 10.1. The molecule has 0 amide bonds. The highest BCUT2D eigenvalue weighted by Crippen LogP contribution is 2.04. The molecule has 0 aliphatic carbocycles. The summed E-state index contributed by atoms with van der Waals surface area (Å²) in [6.45, 7) is 4.04. The van der Waals surface area contributed by atoms with Crippen LogP contribution in [-0.4, -0.2) is 6.61 Å². The molecule has 70 valence electrons. The minimum Gasteiger partial charge on any atom is -0.497 e. The van der Waals surface area contributed by atoms with Crippen LogP contribution in [0.3, 0.4) is 0 Å². The SMILES string of the molecule is C=CCOC=Cc1ccc(C#N)cc1. The van der Waals surface area contributed by atoms with E-state index in [9.17, 15) is 0 Å². The Bertz CT molecular complexity index is 357. The normalized spacial score (nSPS) is 9.64. The molecular formula is C12H11NO. The summed E-state index contributed by atoms with van der Waals surface area (Å²) < 4.78 is 5.08. The minimum atomic E-state index is 0.507. The van der Waals surface area contributed by atoms with Gasteiger partial charge >= 0.3 is 0 Å². The van der Waals surface area contributed by atoms with Gasteiger partial charge in [-0.3, -0.25) is 0 Å². The number of hydrogen-bond donors (Lipinski definition) is 0. The summed E-state index contributed by atoms with van der Waals surface area (Å²) in [6.07, 6.45) is 5.14. The Morgan fingerprint density at radius 2 is 2.07 bits per heavy atom. The van der Waals surface area contributed by atoms with Crippen LogP contribution in [-0.2, 0) is 4.74 Å². The van der Waals surface area contributed by atoms with Gasteiger partial charge in [0.15, 0.2) is 0 Å². The van der Waals surface area contributed by atoms with Gasteiger partial charge in [0.1, 0.15) is 6.61 Å². The summed E-state index contributed by atoms with van der Waals surface area (Å²) >= 11 is 0. The number of hydrogen-bond acceptors (Lipinski definition) is 2. The maximum Gasteiger partial charge on any atom is 0.105 e. The van der Waals surface area contributed by atoms with Crippen LogP contribution in [0.2, 0.25) is 0 Å². The van der Waals surface area contributed by atoms with E-state index in [4.69, 9.17) is 10.00 Å². The summed E-state index contributed by atoms with van der Waals surface area (Å²) in [4.78, 5) is 0. The Balaban J connectivity index is 2.56. The first-order valence-electron chi connectivity index (χ1n) is 4.26. The van der Waals surface area contributed by atoms with Gasteiger partial charge in [-0.15, -0.1) is 0 Å². The zero-order valence-electron chi connectivity index (χ0n) is 7.81. The topological polar surface area (TPSA) is 33.0 Å². The third-order valence-electron chi connectivity index (χ3n) is 1.61. The van der Waals surface area contributed by atoms with E-state index in [2.05, 4.69) is 12.6 Å². The van der Waals surface area contributed by atoms with Crippen molar-refractivity contribution >= 4 is 6.08 Å². The molecule has 0 unspecified atom stereocenters. The second-order valence-electron chi connectivity index (χ2n) is 2.66. The van der Waals surface area contributed by atoms with Gasteiger partial charge in [0, 0.05) is 0 Å². The summed E-state index contributed by atoms with van der Waals surface area (Å²) in [7, 11) is 0. The van der Waals surface area contributed by atoms with Crippen LogP contribution in [0, 0.1) is 11.3 Å². The average molecular weight is 185 g/mol. The number of ether oxygens (including phenoxy) is 1. The monoisotopic (exact) mass is 185 g/mol. The zero-order chi connectivity index (χ0) is 10.2.